The number of nitrogens with zero attached hydrogens (tertiary/aromatic N) is 1. The Balaban J connectivity index is 1.86. The van der Waals surface area contributed by atoms with Crippen LogP contribution in [-0.4, -0.2) is 35.5 Å². The van der Waals surface area contributed by atoms with Gasteiger partial charge >= 0.3 is 0 Å². The molecule has 2 aromatic rings. The molecule has 1 aliphatic carbocycles. The van der Waals surface area contributed by atoms with Gasteiger partial charge in [-0.15, -0.1) is 11.8 Å². The van der Waals surface area contributed by atoms with Crippen molar-refractivity contribution >= 4 is 17.7 Å². The number of methoxy groups -OCH3 is 1. The SMILES string of the molecule is COc1cncc([C@H](NC(=O)c2ccccc2SC)C2CC(O)C2)c1. The molecule has 0 spiro atoms. The highest BCUT2D eigenvalue weighted by Crippen LogP contribution is 2.39. The number of aromatic nitrogens is 1. The van der Waals surface area contributed by atoms with Gasteiger partial charge in [0.05, 0.1) is 31.0 Å². The van der Waals surface area contributed by atoms with E-state index in [1.165, 1.54) is 0 Å². The standard InChI is InChI=1S/C19H22N2O3S/c1-24-15-9-13(10-20-11-15)18(12-7-14(22)8-12)21-19(23)16-5-3-4-6-17(16)25-2/h3-6,9-12,14,18,22H,7-8H2,1-2H3,(H,21,23)/t12?,14?,18-/m1/s1. The van der Waals surface area contributed by atoms with Crippen molar-refractivity contribution in [3.63, 3.8) is 0 Å². The summed E-state index contributed by atoms with van der Waals surface area (Å²) in [6, 6.07) is 9.25. The first-order chi connectivity index (χ1) is 12.1. The lowest BCUT2D eigenvalue weighted by atomic mass is 9.75. The van der Waals surface area contributed by atoms with E-state index in [1.54, 1.807) is 31.3 Å². The van der Waals surface area contributed by atoms with Gasteiger partial charge < -0.3 is 15.2 Å². The number of pyridine rings is 1. The van der Waals surface area contributed by atoms with Crippen molar-refractivity contribution in [2.45, 2.75) is 29.9 Å². The van der Waals surface area contributed by atoms with Crippen molar-refractivity contribution in [1.29, 1.82) is 0 Å². The average molecular weight is 358 g/mol. The lowest BCUT2D eigenvalue weighted by molar-refractivity contribution is 0.0234. The summed E-state index contributed by atoms with van der Waals surface area (Å²) in [6.45, 7) is 0. The Morgan fingerprint density at radius 3 is 2.80 bits per heavy atom. The molecule has 5 nitrogen and oxygen atoms in total. The van der Waals surface area contributed by atoms with E-state index in [1.807, 2.05) is 36.6 Å². The van der Waals surface area contributed by atoms with Crippen LogP contribution < -0.4 is 10.1 Å². The van der Waals surface area contributed by atoms with E-state index in [0.717, 1.165) is 10.5 Å². The van der Waals surface area contributed by atoms with Crippen LogP contribution in [0.3, 0.4) is 0 Å². The van der Waals surface area contributed by atoms with Gasteiger partial charge in [-0.05, 0) is 48.8 Å². The Kier molecular flexibility index (Phi) is 5.60. The lowest BCUT2D eigenvalue weighted by Gasteiger charge is -2.38. The first-order valence-corrected chi connectivity index (χ1v) is 9.45. The second-order valence-electron chi connectivity index (χ2n) is 6.19. The minimum atomic E-state index is -0.290. The first-order valence-electron chi connectivity index (χ1n) is 8.23. The predicted octanol–water partition coefficient (Wildman–Crippen LogP) is 3.05. The number of thioether (sulfide) groups is 1. The molecule has 0 radical (unpaired) electrons. The highest BCUT2D eigenvalue weighted by Gasteiger charge is 2.36. The van der Waals surface area contributed by atoms with Crippen molar-refractivity contribution in [2.75, 3.05) is 13.4 Å². The first kappa shape index (κ1) is 17.8. The highest BCUT2D eigenvalue weighted by molar-refractivity contribution is 7.98. The zero-order valence-corrected chi connectivity index (χ0v) is 15.1. The van der Waals surface area contributed by atoms with E-state index in [4.69, 9.17) is 4.74 Å². The summed E-state index contributed by atoms with van der Waals surface area (Å²) in [5.41, 5.74) is 1.56. The van der Waals surface area contributed by atoms with Gasteiger partial charge in [-0.1, -0.05) is 12.1 Å². The number of carbonyl (C=O) groups is 1. The molecule has 3 rings (SSSR count). The minimum absolute atomic E-state index is 0.112. The Bertz CT molecular complexity index is 747. The number of hydrogen-bond donors (Lipinski definition) is 2. The normalized spacial score (nSPS) is 20.4. The zero-order chi connectivity index (χ0) is 17.8. The summed E-state index contributed by atoms with van der Waals surface area (Å²) in [7, 11) is 1.59. The summed E-state index contributed by atoms with van der Waals surface area (Å²) in [5, 5.41) is 12.8. The number of amides is 1. The van der Waals surface area contributed by atoms with Gasteiger partial charge in [0.15, 0.2) is 0 Å². The van der Waals surface area contributed by atoms with E-state index in [2.05, 4.69) is 10.3 Å². The van der Waals surface area contributed by atoms with Crippen molar-refractivity contribution in [1.82, 2.24) is 10.3 Å². The summed E-state index contributed by atoms with van der Waals surface area (Å²) in [5.74, 6) is 0.731. The Labute approximate surface area is 151 Å². The Morgan fingerprint density at radius 1 is 1.36 bits per heavy atom. The number of carbonyl (C=O) groups excluding carboxylic acids is 1. The molecule has 1 atom stereocenters. The molecule has 0 unspecified atom stereocenters. The number of aliphatic hydroxyl groups excluding tert-OH is 1. The summed E-state index contributed by atoms with van der Waals surface area (Å²) in [4.78, 5) is 18.0. The van der Waals surface area contributed by atoms with Crippen molar-refractivity contribution < 1.29 is 14.6 Å². The molecular weight excluding hydrogens is 336 g/mol. The maximum absolute atomic E-state index is 12.8. The maximum atomic E-state index is 12.8. The van der Waals surface area contributed by atoms with Crippen LogP contribution in [0, 0.1) is 5.92 Å². The molecule has 0 bridgehead atoms. The topological polar surface area (TPSA) is 71.5 Å². The molecule has 25 heavy (non-hydrogen) atoms. The van der Waals surface area contributed by atoms with Crippen molar-refractivity contribution in [3.05, 3.63) is 53.9 Å². The van der Waals surface area contributed by atoms with Gasteiger partial charge in [0.1, 0.15) is 5.75 Å². The molecule has 132 valence electrons. The van der Waals surface area contributed by atoms with Crippen LogP contribution in [0.15, 0.2) is 47.6 Å². The molecule has 1 saturated carbocycles. The van der Waals surface area contributed by atoms with E-state index in [0.29, 0.717) is 24.2 Å². The summed E-state index contributed by atoms with van der Waals surface area (Å²) < 4.78 is 5.26. The van der Waals surface area contributed by atoms with Crippen LogP contribution in [0.2, 0.25) is 0 Å². The molecule has 1 aliphatic rings. The third-order valence-electron chi connectivity index (χ3n) is 4.59. The smallest absolute Gasteiger partial charge is 0.252 e. The molecule has 1 aromatic heterocycles. The van der Waals surface area contributed by atoms with E-state index >= 15 is 0 Å². The largest absolute Gasteiger partial charge is 0.495 e. The van der Waals surface area contributed by atoms with Gasteiger partial charge in [0, 0.05) is 11.1 Å². The third-order valence-corrected chi connectivity index (χ3v) is 5.38. The van der Waals surface area contributed by atoms with Gasteiger partial charge in [0.25, 0.3) is 5.91 Å². The molecule has 1 aromatic carbocycles. The fourth-order valence-electron chi connectivity index (χ4n) is 3.14. The van der Waals surface area contributed by atoms with Crippen molar-refractivity contribution in [3.8, 4) is 5.75 Å². The molecule has 2 N–H and O–H groups in total. The fraction of sp³-hybridized carbons (Fsp3) is 0.368. The van der Waals surface area contributed by atoms with Crippen LogP contribution in [0.4, 0.5) is 0 Å². The average Bonchev–Trinajstić information content (AvgIpc) is 2.63. The molecule has 1 heterocycles. The number of hydrogen-bond acceptors (Lipinski definition) is 5. The third kappa shape index (κ3) is 3.96. The molecule has 0 saturated heterocycles. The van der Waals surface area contributed by atoms with Crippen LogP contribution in [0.5, 0.6) is 5.75 Å². The second-order valence-corrected chi connectivity index (χ2v) is 7.04. The van der Waals surface area contributed by atoms with Gasteiger partial charge in [-0.3, -0.25) is 9.78 Å². The lowest BCUT2D eigenvalue weighted by Crippen LogP contribution is -2.41. The van der Waals surface area contributed by atoms with E-state index in [-0.39, 0.29) is 24.0 Å². The van der Waals surface area contributed by atoms with Crippen LogP contribution in [0.25, 0.3) is 0 Å². The monoisotopic (exact) mass is 358 g/mol. The zero-order valence-electron chi connectivity index (χ0n) is 14.3. The number of ether oxygens (including phenoxy) is 1. The van der Waals surface area contributed by atoms with E-state index in [9.17, 15) is 9.90 Å². The second kappa shape index (κ2) is 7.89. The van der Waals surface area contributed by atoms with Gasteiger partial charge in [-0.2, -0.15) is 0 Å². The predicted molar refractivity (Wildman–Crippen MR) is 98.0 cm³/mol. The molecule has 0 aliphatic heterocycles. The maximum Gasteiger partial charge on any atom is 0.252 e. The summed E-state index contributed by atoms with van der Waals surface area (Å²) >= 11 is 1.55. The fourth-order valence-corrected chi connectivity index (χ4v) is 3.74. The number of benzene rings is 1. The van der Waals surface area contributed by atoms with Crippen LogP contribution >= 0.6 is 11.8 Å². The number of aliphatic hydroxyl groups is 1. The van der Waals surface area contributed by atoms with E-state index < -0.39 is 0 Å². The number of nitrogens with one attached hydrogen (secondary N) is 1. The van der Waals surface area contributed by atoms with Gasteiger partial charge in [-0.25, -0.2) is 0 Å². The van der Waals surface area contributed by atoms with Crippen molar-refractivity contribution in [2.24, 2.45) is 5.92 Å². The minimum Gasteiger partial charge on any atom is -0.495 e. The van der Waals surface area contributed by atoms with Crippen LogP contribution in [-0.2, 0) is 0 Å². The Hall–Kier alpha value is -2.05. The molecule has 6 heteroatoms. The quantitative estimate of drug-likeness (QED) is 0.777. The number of rotatable bonds is 6. The van der Waals surface area contributed by atoms with Gasteiger partial charge in [0.2, 0.25) is 0 Å². The highest BCUT2D eigenvalue weighted by atomic mass is 32.2. The molecular formula is C19H22N2O3S. The van der Waals surface area contributed by atoms with Crippen LogP contribution in [0.1, 0.15) is 34.8 Å². The Morgan fingerprint density at radius 2 is 2.12 bits per heavy atom. The summed E-state index contributed by atoms with van der Waals surface area (Å²) in [6.07, 6.45) is 6.40. The molecule has 1 fully saturated rings. The molecule has 1 amide bonds.